The number of hydrogen-bond donors (Lipinski definition) is 1. The minimum atomic E-state index is -0.454. The molecule has 0 amide bonds. The lowest BCUT2D eigenvalue weighted by Gasteiger charge is -2.04. The minimum Gasteiger partial charge on any atom is -0.358 e. The van der Waals surface area contributed by atoms with E-state index in [-0.39, 0.29) is 17.2 Å². The van der Waals surface area contributed by atoms with Crippen LogP contribution in [-0.2, 0) is 6.42 Å². The van der Waals surface area contributed by atoms with Crippen molar-refractivity contribution in [1.82, 2.24) is 4.98 Å². The second-order valence-electron chi connectivity index (χ2n) is 3.58. The van der Waals surface area contributed by atoms with Gasteiger partial charge in [-0.05, 0) is 25.1 Å². The fraction of sp³-hybridized carbons (Fsp3) is 0.167. The number of nitriles is 1. The van der Waals surface area contributed by atoms with Crippen molar-refractivity contribution in [3.05, 3.63) is 45.5 Å². The van der Waals surface area contributed by atoms with E-state index >= 15 is 0 Å². The van der Waals surface area contributed by atoms with Crippen molar-refractivity contribution in [1.29, 1.82) is 5.26 Å². The highest BCUT2D eigenvalue weighted by Crippen LogP contribution is 2.12. The van der Waals surface area contributed by atoms with Crippen LogP contribution in [0, 0.1) is 24.1 Å². The van der Waals surface area contributed by atoms with Crippen LogP contribution < -0.4 is 5.43 Å². The third kappa shape index (κ3) is 1.57. The topological polar surface area (TPSA) is 56.6 Å². The first kappa shape index (κ1) is 10.4. The van der Waals surface area contributed by atoms with Gasteiger partial charge in [0.15, 0.2) is 5.43 Å². The molecule has 1 N–H and O–H groups in total. The van der Waals surface area contributed by atoms with Crippen LogP contribution in [0.2, 0.25) is 0 Å². The van der Waals surface area contributed by atoms with Crippen molar-refractivity contribution >= 4 is 10.9 Å². The van der Waals surface area contributed by atoms with Crippen molar-refractivity contribution in [3.63, 3.8) is 0 Å². The van der Waals surface area contributed by atoms with Gasteiger partial charge in [-0.2, -0.15) is 5.26 Å². The molecule has 0 unspecified atom stereocenters. The number of benzene rings is 1. The van der Waals surface area contributed by atoms with Crippen molar-refractivity contribution in [2.24, 2.45) is 0 Å². The zero-order valence-electron chi connectivity index (χ0n) is 8.67. The minimum absolute atomic E-state index is 0.0353. The molecule has 0 bridgehead atoms. The molecule has 0 spiro atoms. The Labute approximate surface area is 91.1 Å². The van der Waals surface area contributed by atoms with Gasteiger partial charge in [0, 0.05) is 22.2 Å². The zero-order chi connectivity index (χ0) is 11.7. The highest BCUT2D eigenvalue weighted by atomic mass is 19.1. The Kier molecular flexibility index (Phi) is 2.45. The largest absolute Gasteiger partial charge is 0.358 e. The van der Waals surface area contributed by atoms with Gasteiger partial charge in [0.25, 0.3) is 0 Å². The number of halogens is 1. The summed E-state index contributed by atoms with van der Waals surface area (Å²) in [6.07, 6.45) is 0.0353. The summed E-state index contributed by atoms with van der Waals surface area (Å²) >= 11 is 0. The Bertz CT molecular complexity index is 652. The Morgan fingerprint density at radius 1 is 1.50 bits per heavy atom. The molecule has 0 aliphatic carbocycles. The van der Waals surface area contributed by atoms with Crippen molar-refractivity contribution < 1.29 is 4.39 Å². The molecule has 0 radical (unpaired) electrons. The number of aryl methyl sites for hydroxylation is 1. The molecule has 0 saturated carbocycles. The Morgan fingerprint density at radius 2 is 2.25 bits per heavy atom. The van der Waals surface area contributed by atoms with Crippen LogP contribution in [0.5, 0.6) is 0 Å². The molecule has 0 atom stereocenters. The molecular formula is C12H9FN2O. The standard InChI is InChI=1S/C12H9FN2O/c1-7-9(4-5-14)12(16)10-6-8(13)2-3-11(10)15-7/h2-3,6H,4H2,1H3,(H,15,16). The molecule has 1 heterocycles. The van der Waals surface area contributed by atoms with Crippen molar-refractivity contribution in [2.45, 2.75) is 13.3 Å². The molecular weight excluding hydrogens is 207 g/mol. The van der Waals surface area contributed by atoms with Gasteiger partial charge in [0.05, 0.1) is 12.5 Å². The monoisotopic (exact) mass is 216 g/mol. The van der Waals surface area contributed by atoms with Gasteiger partial charge in [-0.15, -0.1) is 0 Å². The number of aromatic nitrogens is 1. The first-order valence-corrected chi connectivity index (χ1v) is 4.81. The smallest absolute Gasteiger partial charge is 0.193 e. The summed E-state index contributed by atoms with van der Waals surface area (Å²) < 4.78 is 13.0. The summed E-state index contributed by atoms with van der Waals surface area (Å²) in [5.41, 5.74) is 1.38. The maximum Gasteiger partial charge on any atom is 0.193 e. The summed E-state index contributed by atoms with van der Waals surface area (Å²) in [7, 11) is 0. The van der Waals surface area contributed by atoms with Gasteiger partial charge in [-0.1, -0.05) is 0 Å². The first-order chi connectivity index (χ1) is 7.63. The number of pyridine rings is 1. The molecule has 2 aromatic rings. The lowest BCUT2D eigenvalue weighted by Crippen LogP contribution is -2.13. The van der Waals surface area contributed by atoms with Gasteiger partial charge in [0.2, 0.25) is 0 Å². The average Bonchev–Trinajstić information content (AvgIpc) is 2.26. The van der Waals surface area contributed by atoms with Gasteiger partial charge < -0.3 is 4.98 Å². The maximum absolute atomic E-state index is 13.0. The molecule has 0 saturated heterocycles. The Hall–Kier alpha value is -2.15. The van der Waals surface area contributed by atoms with Crippen molar-refractivity contribution in [2.75, 3.05) is 0 Å². The molecule has 80 valence electrons. The Balaban J connectivity index is 2.86. The summed E-state index contributed by atoms with van der Waals surface area (Å²) in [5, 5.41) is 8.91. The number of aromatic amines is 1. The van der Waals surface area contributed by atoms with Crippen LogP contribution >= 0.6 is 0 Å². The lowest BCUT2D eigenvalue weighted by atomic mass is 10.1. The second-order valence-corrected chi connectivity index (χ2v) is 3.58. The molecule has 4 heteroatoms. The van der Waals surface area contributed by atoms with E-state index in [2.05, 4.69) is 4.98 Å². The average molecular weight is 216 g/mol. The van der Waals surface area contributed by atoms with E-state index in [1.807, 2.05) is 6.07 Å². The highest BCUT2D eigenvalue weighted by molar-refractivity contribution is 5.79. The SMILES string of the molecule is Cc1[nH]c2ccc(F)cc2c(=O)c1CC#N. The van der Waals surface area contributed by atoms with Crippen LogP contribution in [0.15, 0.2) is 23.0 Å². The van der Waals surface area contributed by atoms with E-state index in [4.69, 9.17) is 5.26 Å². The number of hydrogen-bond acceptors (Lipinski definition) is 2. The molecule has 1 aromatic carbocycles. The second kappa shape index (κ2) is 3.78. The van der Waals surface area contributed by atoms with Crippen LogP contribution in [0.4, 0.5) is 4.39 Å². The molecule has 0 aliphatic rings. The van der Waals surface area contributed by atoms with E-state index in [0.29, 0.717) is 16.8 Å². The summed E-state index contributed by atoms with van der Waals surface area (Å²) in [5.74, 6) is -0.454. The van der Waals surface area contributed by atoms with E-state index in [9.17, 15) is 9.18 Å². The predicted octanol–water partition coefficient (Wildman–Crippen LogP) is 2.04. The lowest BCUT2D eigenvalue weighted by molar-refractivity contribution is 0.629. The van der Waals surface area contributed by atoms with Crippen molar-refractivity contribution in [3.8, 4) is 6.07 Å². The highest BCUT2D eigenvalue weighted by Gasteiger charge is 2.09. The molecule has 2 rings (SSSR count). The molecule has 16 heavy (non-hydrogen) atoms. The maximum atomic E-state index is 13.0. The van der Waals surface area contributed by atoms with Crippen LogP contribution in [0.1, 0.15) is 11.3 Å². The van der Waals surface area contributed by atoms with Crippen LogP contribution in [0.3, 0.4) is 0 Å². The van der Waals surface area contributed by atoms with E-state index in [1.165, 1.54) is 18.2 Å². The van der Waals surface area contributed by atoms with E-state index in [1.54, 1.807) is 6.92 Å². The molecule has 1 aromatic heterocycles. The number of rotatable bonds is 1. The third-order valence-corrected chi connectivity index (χ3v) is 2.53. The normalized spacial score (nSPS) is 10.3. The van der Waals surface area contributed by atoms with Crippen LogP contribution in [-0.4, -0.2) is 4.98 Å². The summed E-state index contributed by atoms with van der Waals surface area (Å²) in [4.78, 5) is 14.9. The number of nitrogens with zero attached hydrogens (tertiary/aromatic N) is 1. The van der Waals surface area contributed by atoms with E-state index < -0.39 is 5.82 Å². The van der Waals surface area contributed by atoms with Crippen LogP contribution in [0.25, 0.3) is 10.9 Å². The number of nitrogens with one attached hydrogen (secondary N) is 1. The zero-order valence-corrected chi connectivity index (χ0v) is 8.67. The summed E-state index contributed by atoms with van der Waals surface area (Å²) in [6, 6.07) is 5.94. The quantitative estimate of drug-likeness (QED) is 0.793. The molecule has 3 nitrogen and oxygen atoms in total. The van der Waals surface area contributed by atoms with E-state index in [0.717, 1.165) is 0 Å². The van der Waals surface area contributed by atoms with Gasteiger partial charge in [0.1, 0.15) is 5.82 Å². The fourth-order valence-corrected chi connectivity index (χ4v) is 1.72. The predicted molar refractivity (Wildman–Crippen MR) is 58.6 cm³/mol. The fourth-order valence-electron chi connectivity index (χ4n) is 1.72. The molecule has 0 aliphatic heterocycles. The Morgan fingerprint density at radius 3 is 2.94 bits per heavy atom. The van der Waals surface area contributed by atoms with Gasteiger partial charge >= 0.3 is 0 Å². The number of fused-ring (bicyclic) bond motifs is 1. The number of H-pyrrole nitrogens is 1. The van der Waals surface area contributed by atoms with Gasteiger partial charge in [-0.25, -0.2) is 4.39 Å². The third-order valence-electron chi connectivity index (χ3n) is 2.53. The molecule has 0 fully saturated rings. The van der Waals surface area contributed by atoms with Gasteiger partial charge in [-0.3, -0.25) is 4.79 Å². The first-order valence-electron chi connectivity index (χ1n) is 4.81. The summed E-state index contributed by atoms with van der Waals surface area (Å²) in [6.45, 7) is 1.73.